The van der Waals surface area contributed by atoms with Crippen molar-refractivity contribution in [1.29, 1.82) is 0 Å². The Hall–Kier alpha value is -1.16. The van der Waals surface area contributed by atoms with E-state index in [0.29, 0.717) is 6.54 Å². The van der Waals surface area contributed by atoms with Crippen LogP contribution in [0.25, 0.3) is 0 Å². The predicted molar refractivity (Wildman–Crippen MR) is 79.4 cm³/mol. The summed E-state index contributed by atoms with van der Waals surface area (Å²) in [5, 5.41) is 3.01. The summed E-state index contributed by atoms with van der Waals surface area (Å²) in [5.41, 5.74) is 1.50. The van der Waals surface area contributed by atoms with Gasteiger partial charge in [-0.2, -0.15) is 0 Å². The summed E-state index contributed by atoms with van der Waals surface area (Å²) in [5.74, 6) is 0.318. The second-order valence-corrected chi connectivity index (χ2v) is 5.96. The van der Waals surface area contributed by atoms with E-state index in [0.717, 1.165) is 45.2 Å². The van der Waals surface area contributed by atoms with E-state index in [1.807, 2.05) is 0 Å². The first-order valence-electron chi connectivity index (χ1n) is 7.90. The highest BCUT2D eigenvalue weighted by atomic mass is 16.2. The lowest BCUT2D eigenvalue weighted by molar-refractivity contribution is -0.122. The van der Waals surface area contributed by atoms with Crippen LogP contribution in [0.4, 0.5) is 0 Å². The maximum atomic E-state index is 11.9. The summed E-state index contributed by atoms with van der Waals surface area (Å²) in [7, 11) is 0. The Morgan fingerprint density at radius 1 is 1.35 bits per heavy atom. The molecule has 1 aliphatic carbocycles. The number of aldehydes is 1. The zero-order valence-corrected chi connectivity index (χ0v) is 12.3. The molecule has 20 heavy (non-hydrogen) atoms. The summed E-state index contributed by atoms with van der Waals surface area (Å²) in [6.07, 6.45) is 11.2. The highest BCUT2D eigenvalue weighted by Gasteiger charge is 2.20. The Kier molecular flexibility index (Phi) is 6.25. The summed E-state index contributed by atoms with van der Waals surface area (Å²) >= 11 is 0. The first kappa shape index (κ1) is 15.2. The third-order valence-corrected chi connectivity index (χ3v) is 4.35. The lowest BCUT2D eigenvalue weighted by Crippen LogP contribution is -2.42. The Balaban J connectivity index is 1.58. The highest BCUT2D eigenvalue weighted by Crippen LogP contribution is 2.19. The standard InChI is InChI=1S/C16H26N2O2/c19-13-15-7-10-18(11-8-15)12-16(20)17-9-6-14-4-2-1-3-5-14/h4,13,15H,1-3,5-12H2,(H,17,20). The molecule has 0 atom stereocenters. The molecule has 0 radical (unpaired) electrons. The molecule has 112 valence electrons. The zero-order valence-electron chi connectivity index (χ0n) is 12.3. The van der Waals surface area contributed by atoms with E-state index < -0.39 is 0 Å². The second kappa shape index (κ2) is 8.20. The van der Waals surface area contributed by atoms with Crippen LogP contribution in [0.2, 0.25) is 0 Å². The van der Waals surface area contributed by atoms with Crippen molar-refractivity contribution in [3.05, 3.63) is 11.6 Å². The Morgan fingerprint density at radius 2 is 2.15 bits per heavy atom. The smallest absolute Gasteiger partial charge is 0.234 e. The van der Waals surface area contributed by atoms with Crippen LogP contribution in [0.15, 0.2) is 11.6 Å². The molecule has 1 aliphatic heterocycles. The Morgan fingerprint density at radius 3 is 2.80 bits per heavy atom. The summed E-state index contributed by atoms with van der Waals surface area (Å²) in [6, 6.07) is 0. The van der Waals surface area contributed by atoms with Crippen molar-refractivity contribution in [2.24, 2.45) is 5.92 Å². The molecule has 1 heterocycles. The number of amides is 1. The van der Waals surface area contributed by atoms with E-state index in [-0.39, 0.29) is 11.8 Å². The van der Waals surface area contributed by atoms with Crippen molar-refractivity contribution in [3.63, 3.8) is 0 Å². The zero-order chi connectivity index (χ0) is 14.2. The predicted octanol–water partition coefficient (Wildman–Crippen LogP) is 1.90. The van der Waals surface area contributed by atoms with Crippen LogP contribution in [0, 0.1) is 5.92 Å². The normalized spacial score (nSPS) is 21.3. The fourth-order valence-electron chi connectivity index (χ4n) is 3.00. The first-order valence-corrected chi connectivity index (χ1v) is 7.90. The molecule has 4 heteroatoms. The molecular formula is C16H26N2O2. The van der Waals surface area contributed by atoms with E-state index in [1.54, 1.807) is 0 Å². The number of likely N-dealkylation sites (tertiary alicyclic amines) is 1. The largest absolute Gasteiger partial charge is 0.355 e. The average Bonchev–Trinajstić information content (AvgIpc) is 2.49. The minimum Gasteiger partial charge on any atom is -0.355 e. The fraction of sp³-hybridized carbons (Fsp3) is 0.750. The molecule has 4 nitrogen and oxygen atoms in total. The number of nitrogens with zero attached hydrogens (tertiary/aromatic N) is 1. The molecule has 0 spiro atoms. The lowest BCUT2D eigenvalue weighted by Gasteiger charge is -2.28. The number of nitrogens with one attached hydrogen (secondary N) is 1. The van der Waals surface area contributed by atoms with Gasteiger partial charge in [0.15, 0.2) is 0 Å². The van der Waals surface area contributed by atoms with Gasteiger partial charge >= 0.3 is 0 Å². The quantitative estimate of drug-likeness (QED) is 0.596. The maximum Gasteiger partial charge on any atom is 0.234 e. The number of hydrogen-bond acceptors (Lipinski definition) is 3. The molecule has 0 aromatic rings. The van der Waals surface area contributed by atoms with Crippen LogP contribution in [-0.2, 0) is 9.59 Å². The molecule has 1 N–H and O–H groups in total. The van der Waals surface area contributed by atoms with Gasteiger partial charge in [-0.3, -0.25) is 9.69 Å². The van der Waals surface area contributed by atoms with E-state index >= 15 is 0 Å². The monoisotopic (exact) mass is 278 g/mol. The van der Waals surface area contributed by atoms with E-state index in [9.17, 15) is 9.59 Å². The van der Waals surface area contributed by atoms with E-state index in [2.05, 4.69) is 16.3 Å². The van der Waals surface area contributed by atoms with Crippen molar-refractivity contribution in [1.82, 2.24) is 10.2 Å². The van der Waals surface area contributed by atoms with Crippen LogP contribution in [0.3, 0.4) is 0 Å². The Bertz CT molecular complexity index is 357. The highest BCUT2D eigenvalue weighted by molar-refractivity contribution is 5.78. The topological polar surface area (TPSA) is 49.4 Å². The van der Waals surface area contributed by atoms with Crippen LogP contribution in [0.1, 0.15) is 44.9 Å². The van der Waals surface area contributed by atoms with Crippen LogP contribution in [0.5, 0.6) is 0 Å². The number of allylic oxidation sites excluding steroid dienone is 1. The molecule has 1 fully saturated rings. The van der Waals surface area contributed by atoms with E-state index in [1.165, 1.54) is 31.3 Å². The van der Waals surface area contributed by atoms with Crippen molar-refractivity contribution in [2.75, 3.05) is 26.2 Å². The minimum absolute atomic E-state index is 0.117. The van der Waals surface area contributed by atoms with Gasteiger partial charge in [0, 0.05) is 12.5 Å². The van der Waals surface area contributed by atoms with Crippen molar-refractivity contribution in [3.8, 4) is 0 Å². The van der Waals surface area contributed by atoms with Crippen molar-refractivity contribution >= 4 is 12.2 Å². The number of rotatable bonds is 6. The van der Waals surface area contributed by atoms with Gasteiger partial charge in [-0.05, 0) is 58.0 Å². The molecule has 0 aromatic carbocycles. The SMILES string of the molecule is O=CC1CCN(CC(=O)NCCC2=CCCCC2)CC1. The molecule has 2 aliphatic rings. The number of carbonyl (C=O) groups is 2. The molecule has 0 aromatic heterocycles. The van der Waals surface area contributed by atoms with E-state index in [4.69, 9.17) is 0 Å². The lowest BCUT2D eigenvalue weighted by atomic mass is 9.97. The van der Waals surface area contributed by atoms with Crippen LogP contribution < -0.4 is 5.32 Å². The maximum absolute atomic E-state index is 11.9. The first-order chi connectivity index (χ1) is 9.78. The summed E-state index contributed by atoms with van der Waals surface area (Å²) in [6.45, 7) is 2.96. The van der Waals surface area contributed by atoms with Gasteiger partial charge in [0.1, 0.15) is 6.29 Å². The summed E-state index contributed by atoms with van der Waals surface area (Å²) in [4.78, 5) is 24.7. The molecule has 1 saturated heterocycles. The molecule has 0 bridgehead atoms. The Labute approximate surface area is 121 Å². The second-order valence-electron chi connectivity index (χ2n) is 5.96. The van der Waals surface area contributed by atoms with Gasteiger partial charge < -0.3 is 10.1 Å². The number of hydrogen-bond donors (Lipinski definition) is 1. The molecular weight excluding hydrogens is 252 g/mol. The van der Waals surface area contributed by atoms with Gasteiger partial charge in [-0.1, -0.05) is 11.6 Å². The molecule has 2 rings (SSSR count). The third kappa shape index (κ3) is 5.08. The van der Waals surface area contributed by atoms with Crippen LogP contribution >= 0.6 is 0 Å². The van der Waals surface area contributed by atoms with Crippen molar-refractivity contribution < 1.29 is 9.59 Å². The molecule has 0 saturated carbocycles. The molecule has 1 amide bonds. The average molecular weight is 278 g/mol. The number of piperidine rings is 1. The van der Waals surface area contributed by atoms with Crippen molar-refractivity contribution in [2.45, 2.75) is 44.9 Å². The van der Waals surface area contributed by atoms with Gasteiger partial charge in [0.05, 0.1) is 6.54 Å². The molecule has 0 unspecified atom stereocenters. The minimum atomic E-state index is 0.117. The fourth-order valence-corrected chi connectivity index (χ4v) is 3.00. The van der Waals surface area contributed by atoms with Gasteiger partial charge in [0.25, 0.3) is 0 Å². The van der Waals surface area contributed by atoms with Gasteiger partial charge in [-0.25, -0.2) is 0 Å². The van der Waals surface area contributed by atoms with Crippen LogP contribution in [-0.4, -0.2) is 43.3 Å². The number of carbonyl (C=O) groups excluding carboxylic acids is 2. The third-order valence-electron chi connectivity index (χ3n) is 4.35. The summed E-state index contributed by atoms with van der Waals surface area (Å²) < 4.78 is 0. The van der Waals surface area contributed by atoms with Gasteiger partial charge in [0.2, 0.25) is 5.91 Å². The van der Waals surface area contributed by atoms with Gasteiger partial charge in [-0.15, -0.1) is 0 Å².